The maximum absolute atomic E-state index is 12.6. The van der Waals surface area contributed by atoms with E-state index in [0.29, 0.717) is 18.0 Å². The van der Waals surface area contributed by atoms with Gasteiger partial charge in [-0.05, 0) is 53.9 Å². The number of nitrogens with two attached hydrogens (primary N) is 1. The molecule has 0 radical (unpaired) electrons. The molecule has 1 amide bonds. The van der Waals surface area contributed by atoms with E-state index in [1.165, 1.54) is 17.7 Å². The molecule has 1 aliphatic rings. The first-order valence-electron chi connectivity index (χ1n) is 7.79. The van der Waals surface area contributed by atoms with Gasteiger partial charge in [0.15, 0.2) is 0 Å². The minimum Gasteiger partial charge on any atom is -0.457 e. The summed E-state index contributed by atoms with van der Waals surface area (Å²) in [6, 6.07) is 10.1. The molecule has 25 heavy (non-hydrogen) atoms. The molecule has 0 spiro atoms. The average molecular weight is 350 g/mol. The van der Waals surface area contributed by atoms with Crippen LogP contribution in [-0.4, -0.2) is 23.9 Å². The van der Waals surface area contributed by atoms with Crippen molar-refractivity contribution in [2.75, 3.05) is 13.1 Å². The molecule has 3 rings (SSSR count). The summed E-state index contributed by atoms with van der Waals surface area (Å²) in [5.74, 6) is 0.498. The highest BCUT2D eigenvalue weighted by molar-refractivity contribution is 5.76. The summed E-state index contributed by atoms with van der Waals surface area (Å²) in [7, 11) is 0. The lowest BCUT2D eigenvalue weighted by molar-refractivity contribution is -0.137. The maximum atomic E-state index is 12.6. The third-order valence-electron chi connectivity index (χ3n) is 4.07. The van der Waals surface area contributed by atoms with Gasteiger partial charge in [-0.3, -0.25) is 9.69 Å². The first-order chi connectivity index (χ1) is 11.8. The molecule has 0 aromatic heterocycles. The number of hydrogen-bond acceptors (Lipinski definition) is 3. The van der Waals surface area contributed by atoms with Crippen LogP contribution in [0.15, 0.2) is 42.5 Å². The van der Waals surface area contributed by atoms with Gasteiger partial charge in [0.25, 0.3) is 0 Å². The van der Waals surface area contributed by atoms with Crippen molar-refractivity contribution in [3.8, 4) is 11.5 Å². The van der Waals surface area contributed by atoms with Gasteiger partial charge < -0.3 is 10.5 Å². The van der Waals surface area contributed by atoms with Crippen LogP contribution in [-0.2, 0) is 23.9 Å². The summed E-state index contributed by atoms with van der Waals surface area (Å²) in [6.07, 6.45) is -3.56. The molecular weight excluding hydrogens is 333 g/mol. The van der Waals surface area contributed by atoms with E-state index >= 15 is 0 Å². The number of halogens is 3. The van der Waals surface area contributed by atoms with Gasteiger partial charge in [0.1, 0.15) is 11.5 Å². The molecule has 0 bridgehead atoms. The van der Waals surface area contributed by atoms with Gasteiger partial charge in [-0.15, -0.1) is 0 Å². The standard InChI is InChI=1S/C18H17F3N2O2/c19-18(20,21)14-2-5-15(6-3-14)25-16-4-1-12-7-8-23(11-17(22)24)10-13(12)9-16/h1-6,9H,7-8,10-11H2,(H2,22,24). The lowest BCUT2D eigenvalue weighted by Crippen LogP contribution is -2.37. The summed E-state index contributed by atoms with van der Waals surface area (Å²) < 4.78 is 43.4. The van der Waals surface area contributed by atoms with Gasteiger partial charge >= 0.3 is 6.18 Å². The number of carbonyl (C=O) groups is 1. The summed E-state index contributed by atoms with van der Waals surface area (Å²) in [6.45, 7) is 1.54. The minimum atomic E-state index is -4.37. The van der Waals surface area contributed by atoms with Crippen molar-refractivity contribution >= 4 is 5.91 Å². The molecule has 0 saturated carbocycles. The van der Waals surface area contributed by atoms with Crippen LogP contribution in [0.25, 0.3) is 0 Å². The smallest absolute Gasteiger partial charge is 0.416 e. The second-order valence-electron chi connectivity index (χ2n) is 5.98. The monoisotopic (exact) mass is 350 g/mol. The highest BCUT2D eigenvalue weighted by Gasteiger charge is 2.30. The van der Waals surface area contributed by atoms with Crippen LogP contribution in [0.3, 0.4) is 0 Å². The average Bonchev–Trinajstić information content (AvgIpc) is 2.53. The third-order valence-corrected chi connectivity index (χ3v) is 4.07. The fraction of sp³-hybridized carbons (Fsp3) is 0.278. The molecule has 2 N–H and O–H groups in total. The normalized spacial score (nSPS) is 14.8. The van der Waals surface area contributed by atoms with Crippen molar-refractivity contribution < 1.29 is 22.7 Å². The van der Waals surface area contributed by atoms with Crippen molar-refractivity contribution in [2.45, 2.75) is 19.1 Å². The number of nitrogens with zero attached hydrogens (tertiary/aromatic N) is 1. The molecule has 2 aromatic carbocycles. The van der Waals surface area contributed by atoms with Crippen LogP contribution in [0.5, 0.6) is 11.5 Å². The Morgan fingerprint density at radius 1 is 1.08 bits per heavy atom. The Morgan fingerprint density at radius 2 is 1.76 bits per heavy atom. The van der Waals surface area contributed by atoms with E-state index in [9.17, 15) is 18.0 Å². The Morgan fingerprint density at radius 3 is 2.40 bits per heavy atom. The molecule has 132 valence electrons. The SMILES string of the molecule is NC(=O)CN1CCc2ccc(Oc3ccc(C(F)(F)F)cc3)cc2C1. The van der Waals surface area contributed by atoms with E-state index < -0.39 is 11.7 Å². The highest BCUT2D eigenvalue weighted by Crippen LogP contribution is 2.32. The van der Waals surface area contributed by atoms with Crippen LogP contribution >= 0.6 is 0 Å². The third kappa shape index (κ3) is 4.30. The van der Waals surface area contributed by atoms with Gasteiger partial charge in [-0.25, -0.2) is 0 Å². The Bertz CT molecular complexity index is 773. The molecule has 2 aromatic rings. The fourth-order valence-corrected chi connectivity index (χ4v) is 2.86. The molecule has 0 saturated heterocycles. The highest BCUT2D eigenvalue weighted by atomic mass is 19.4. The zero-order chi connectivity index (χ0) is 18.0. The summed E-state index contributed by atoms with van der Waals surface area (Å²) >= 11 is 0. The lowest BCUT2D eigenvalue weighted by Gasteiger charge is -2.27. The predicted octanol–water partition coefficient (Wildman–Crippen LogP) is 3.34. The number of amides is 1. The predicted molar refractivity (Wildman–Crippen MR) is 86.1 cm³/mol. The molecule has 0 aliphatic carbocycles. The number of carbonyl (C=O) groups excluding carboxylic acids is 1. The van der Waals surface area contributed by atoms with Crippen LogP contribution < -0.4 is 10.5 Å². The van der Waals surface area contributed by atoms with E-state index in [-0.39, 0.29) is 12.5 Å². The summed E-state index contributed by atoms with van der Waals surface area (Å²) in [5.41, 5.74) is 6.71. The summed E-state index contributed by atoms with van der Waals surface area (Å²) in [4.78, 5) is 13.0. The quantitative estimate of drug-likeness (QED) is 0.920. The largest absolute Gasteiger partial charge is 0.457 e. The zero-order valence-electron chi connectivity index (χ0n) is 13.3. The molecule has 0 fully saturated rings. The van der Waals surface area contributed by atoms with Crippen LogP contribution in [0.2, 0.25) is 0 Å². The fourth-order valence-electron chi connectivity index (χ4n) is 2.86. The van der Waals surface area contributed by atoms with Crippen molar-refractivity contribution in [3.63, 3.8) is 0 Å². The first-order valence-corrected chi connectivity index (χ1v) is 7.79. The Balaban J connectivity index is 1.73. The molecule has 7 heteroatoms. The molecule has 4 nitrogen and oxygen atoms in total. The van der Waals surface area contributed by atoms with Crippen LogP contribution in [0.4, 0.5) is 13.2 Å². The number of hydrogen-bond donors (Lipinski definition) is 1. The Hall–Kier alpha value is -2.54. The van der Waals surface area contributed by atoms with E-state index in [0.717, 1.165) is 30.7 Å². The van der Waals surface area contributed by atoms with E-state index in [1.807, 2.05) is 17.0 Å². The second-order valence-corrected chi connectivity index (χ2v) is 5.98. The van der Waals surface area contributed by atoms with E-state index in [4.69, 9.17) is 10.5 Å². The second kappa shape index (κ2) is 6.76. The van der Waals surface area contributed by atoms with Gasteiger partial charge in [-0.2, -0.15) is 13.2 Å². The van der Waals surface area contributed by atoms with Crippen molar-refractivity contribution in [1.82, 2.24) is 4.90 Å². The molecule has 1 heterocycles. The van der Waals surface area contributed by atoms with Crippen molar-refractivity contribution in [1.29, 1.82) is 0 Å². The number of fused-ring (bicyclic) bond motifs is 1. The van der Waals surface area contributed by atoms with E-state index in [1.54, 1.807) is 6.07 Å². The van der Waals surface area contributed by atoms with Gasteiger partial charge in [-0.1, -0.05) is 6.07 Å². The van der Waals surface area contributed by atoms with Gasteiger partial charge in [0, 0.05) is 13.1 Å². The number of rotatable bonds is 4. The van der Waals surface area contributed by atoms with Gasteiger partial charge in [0.2, 0.25) is 5.91 Å². The number of primary amides is 1. The first kappa shape index (κ1) is 17.3. The number of benzene rings is 2. The minimum absolute atomic E-state index is 0.198. The summed E-state index contributed by atoms with van der Waals surface area (Å²) in [5, 5.41) is 0. The number of alkyl halides is 3. The Labute approximate surface area is 143 Å². The van der Waals surface area contributed by atoms with Gasteiger partial charge in [0.05, 0.1) is 12.1 Å². The molecular formula is C18H17F3N2O2. The molecule has 0 atom stereocenters. The van der Waals surface area contributed by atoms with Crippen molar-refractivity contribution in [2.24, 2.45) is 5.73 Å². The Kier molecular flexibility index (Phi) is 4.67. The van der Waals surface area contributed by atoms with Crippen molar-refractivity contribution in [3.05, 3.63) is 59.2 Å². The molecule has 1 aliphatic heterocycles. The van der Waals surface area contributed by atoms with Crippen LogP contribution in [0, 0.1) is 0 Å². The lowest BCUT2D eigenvalue weighted by atomic mass is 9.99. The molecule has 0 unspecified atom stereocenters. The topological polar surface area (TPSA) is 55.6 Å². The number of ether oxygens (including phenoxy) is 1. The van der Waals surface area contributed by atoms with E-state index in [2.05, 4.69) is 0 Å². The van der Waals surface area contributed by atoms with Crippen LogP contribution in [0.1, 0.15) is 16.7 Å². The maximum Gasteiger partial charge on any atom is 0.416 e. The zero-order valence-corrected chi connectivity index (χ0v) is 13.3.